The highest BCUT2D eigenvalue weighted by atomic mass is 15.2. The molecule has 3 rings (SSSR count). The molecule has 0 radical (unpaired) electrons. The molecule has 0 bridgehead atoms. The molecule has 1 aliphatic heterocycles. The van der Waals surface area contributed by atoms with Crippen LogP contribution in [0.25, 0.3) is 0 Å². The average molecular weight is 312 g/mol. The summed E-state index contributed by atoms with van der Waals surface area (Å²) in [5.74, 6) is 1.34. The Balaban J connectivity index is 1.92. The lowest BCUT2D eigenvalue weighted by atomic mass is 10.1. The molecule has 0 amide bonds. The zero-order valence-corrected chi connectivity index (χ0v) is 14.2. The Bertz CT molecular complexity index is 664. The number of rotatable bonds is 4. The van der Waals surface area contributed by atoms with Gasteiger partial charge in [0.2, 0.25) is 5.95 Å². The Morgan fingerprint density at radius 3 is 2.52 bits per heavy atom. The second kappa shape index (κ2) is 6.58. The fraction of sp³-hybridized carbons (Fsp3) is 0.529. The molecule has 6 nitrogen and oxygen atoms in total. The van der Waals surface area contributed by atoms with Crippen molar-refractivity contribution in [1.29, 1.82) is 0 Å². The van der Waals surface area contributed by atoms with Gasteiger partial charge in [-0.1, -0.05) is 0 Å². The van der Waals surface area contributed by atoms with Crippen molar-refractivity contribution >= 4 is 11.8 Å². The molecule has 0 aromatic carbocycles. The van der Waals surface area contributed by atoms with Crippen molar-refractivity contribution in [1.82, 2.24) is 24.8 Å². The molecule has 0 saturated carbocycles. The van der Waals surface area contributed by atoms with Gasteiger partial charge >= 0.3 is 0 Å². The fourth-order valence-corrected chi connectivity index (χ4v) is 3.28. The normalized spacial score (nSPS) is 18.6. The summed E-state index contributed by atoms with van der Waals surface area (Å²) in [6, 6.07) is 2.76. The molecular weight excluding hydrogens is 288 g/mol. The van der Waals surface area contributed by atoms with Crippen molar-refractivity contribution in [3.63, 3.8) is 0 Å². The third kappa shape index (κ3) is 3.47. The molecule has 1 fully saturated rings. The largest absolute Gasteiger partial charge is 0.307 e. The molecule has 2 aromatic rings. The van der Waals surface area contributed by atoms with Gasteiger partial charge < -0.3 is 5.32 Å². The highest BCUT2D eigenvalue weighted by Gasteiger charge is 2.31. The molecule has 1 aliphatic rings. The van der Waals surface area contributed by atoms with Gasteiger partial charge in [0.15, 0.2) is 5.82 Å². The molecule has 2 aromatic heterocycles. The van der Waals surface area contributed by atoms with Gasteiger partial charge in [0.1, 0.15) is 5.69 Å². The maximum absolute atomic E-state index is 4.61. The number of aromatic nitrogens is 4. The fourth-order valence-electron chi connectivity index (χ4n) is 3.28. The van der Waals surface area contributed by atoms with Crippen LogP contribution in [0.1, 0.15) is 49.8 Å². The number of nitrogens with zero attached hydrogens (tertiary/aromatic N) is 5. The van der Waals surface area contributed by atoms with Gasteiger partial charge in [-0.05, 0) is 53.1 Å². The summed E-state index contributed by atoms with van der Waals surface area (Å²) in [4.78, 5) is 20.5. The summed E-state index contributed by atoms with van der Waals surface area (Å²) >= 11 is 0. The number of aryl methyl sites for hydroxylation is 2. The van der Waals surface area contributed by atoms with Gasteiger partial charge in [-0.25, -0.2) is 15.0 Å². The maximum Gasteiger partial charge on any atom is 0.228 e. The van der Waals surface area contributed by atoms with Crippen molar-refractivity contribution < 1.29 is 0 Å². The van der Waals surface area contributed by atoms with Crippen LogP contribution < -0.4 is 5.32 Å². The van der Waals surface area contributed by atoms with Crippen LogP contribution in [0.4, 0.5) is 11.8 Å². The predicted octanol–water partition coefficient (Wildman–Crippen LogP) is 3.17. The molecular formula is C17H24N6. The van der Waals surface area contributed by atoms with E-state index < -0.39 is 0 Å². The van der Waals surface area contributed by atoms with Crippen LogP contribution in [0.3, 0.4) is 0 Å². The second-order valence-corrected chi connectivity index (χ2v) is 6.38. The van der Waals surface area contributed by atoms with Crippen LogP contribution in [-0.4, -0.2) is 37.4 Å². The first kappa shape index (κ1) is 15.8. The molecule has 23 heavy (non-hydrogen) atoms. The highest BCUT2D eigenvalue weighted by Crippen LogP contribution is 2.35. The molecule has 1 atom stereocenters. The van der Waals surface area contributed by atoms with Crippen LogP contribution in [0.2, 0.25) is 0 Å². The molecule has 0 spiro atoms. The van der Waals surface area contributed by atoms with Crippen molar-refractivity contribution in [3.05, 3.63) is 35.5 Å². The van der Waals surface area contributed by atoms with E-state index >= 15 is 0 Å². The van der Waals surface area contributed by atoms with E-state index in [9.17, 15) is 0 Å². The lowest BCUT2D eigenvalue weighted by molar-refractivity contribution is 0.202. The van der Waals surface area contributed by atoms with Crippen LogP contribution >= 0.6 is 0 Å². The van der Waals surface area contributed by atoms with Crippen LogP contribution in [0, 0.1) is 13.8 Å². The Morgan fingerprint density at radius 2 is 1.83 bits per heavy atom. The minimum absolute atomic E-state index is 0.303. The van der Waals surface area contributed by atoms with Gasteiger partial charge in [-0.2, -0.15) is 0 Å². The first-order chi connectivity index (χ1) is 11.0. The number of hydrogen-bond donors (Lipinski definition) is 1. The third-order valence-corrected chi connectivity index (χ3v) is 4.21. The summed E-state index contributed by atoms with van der Waals surface area (Å²) in [7, 11) is 0. The molecule has 1 saturated heterocycles. The summed E-state index contributed by atoms with van der Waals surface area (Å²) in [5.41, 5.74) is 2.87. The second-order valence-electron chi connectivity index (χ2n) is 6.38. The number of nitrogens with one attached hydrogen (secondary N) is 1. The zero-order valence-electron chi connectivity index (χ0n) is 14.2. The van der Waals surface area contributed by atoms with E-state index in [1.165, 1.54) is 6.42 Å². The summed E-state index contributed by atoms with van der Waals surface area (Å²) < 4.78 is 0. The van der Waals surface area contributed by atoms with E-state index in [1.807, 2.05) is 19.9 Å². The van der Waals surface area contributed by atoms with Gasteiger partial charge in [0.25, 0.3) is 0 Å². The maximum atomic E-state index is 4.61. The van der Waals surface area contributed by atoms with E-state index in [-0.39, 0.29) is 0 Å². The van der Waals surface area contributed by atoms with Crippen molar-refractivity contribution in [2.45, 2.75) is 52.6 Å². The summed E-state index contributed by atoms with van der Waals surface area (Å²) in [5, 5.41) is 3.27. The monoisotopic (exact) mass is 312 g/mol. The summed E-state index contributed by atoms with van der Waals surface area (Å²) in [6.45, 7) is 9.51. The predicted molar refractivity (Wildman–Crippen MR) is 90.6 cm³/mol. The Morgan fingerprint density at radius 1 is 1.13 bits per heavy atom. The number of likely N-dealkylation sites (tertiary alicyclic amines) is 1. The van der Waals surface area contributed by atoms with Crippen LogP contribution in [-0.2, 0) is 0 Å². The lowest BCUT2D eigenvalue weighted by Gasteiger charge is -2.28. The molecule has 0 unspecified atom stereocenters. The molecule has 3 heterocycles. The van der Waals surface area contributed by atoms with Crippen molar-refractivity contribution in [3.8, 4) is 0 Å². The quantitative estimate of drug-likeness (QED) is 0.935. The summed E-state index contributed by atoms with van der Waals surface area (Å²) in [6.07, 6.45) is 5.78. The van der Waals surface area contributed by atoms with E-state index in [1.54, 1.807) is 12.4 Å². The number of anilines is 2. The first-order valence-corrected chi connectivity index (χ1v) is 8.20. The third-order valence-electron chi connectivity index (χ3n) is 4.21. The Kier molecular flexibility index (Phi) is 4.52. The van der Waals surface area contributed by atoms with Gasteiger partial charge in [0, 0.05) is 29.8 Å². The SMILES string of the molecule is Cc1cc(C)nc(Nc2nccnc2[C@@H]2CCCN2C(C)C)n1. The van der Waals surface area contributed by atoms with E-state index in [0.29, 0.717) is 18.0 Å². The van der Waals surface area contributed by atoms with Gasteiger partial charge in [-0.3, -0.25) is 9.88 Å². The van der Waals surface area contributed by atoms with Gasteiger partial charge in [-0.15, -0.1) is 0 Å². The van der Waals surface area contributed by atoms with Crippen LogP contribution in [0.15, 0.2) is 18.5 Å². The van der Waals surface area contributed by atoms with Crippen LogP contribution in [0.5, 0.6) is 0 Å². The average Bonchev–Trinajstić information content (AvgIpc) is 2.96. The highest BCUT2D eigenvalue weighted by molar-refractivity contribution is 5.52. The van der Waals surface area contributed by atoms with Crippen molar-refractivity contribution in [2.24, 2.45) is 0 Å². The molecule has 122 valence electrons. The van der Waals surface area contributed by atoms with E-state index in [2.05, 4.69) is 44.0 Å². The van der Waals surface area contributed by atoms with Crippen molar-refractivity contribution in [2.75, 3.05) is 11.9 Å². The lowest BCUT2D eigenvalue weighted by Crippen LogP contribution is -2.31. The standard InChI is InChI=1S/C17H24N6/c1-11(2)23-9-5-6-14(23)15-16(19-8-7-18-15)22-17-20-12(3)10-13(4)21-17/h7-8,10-11,14H,5-6,9H2,1-4H3,(H,19,20,21,22)/t14-/m0/s1. The molecule has 0 aliphatic carbocycles. The zero-order chi connectivity index (χ0) is 16.4. The molecule has 6 heteroatoms. The van der Waals surface area contributed by atoms with E-state index in [4.69, 9.17) is 0 Å². The minimum atomic E-state index is 0.303. The van der Waals surface area contributed by atoms with E-state index in [0.717, 1.165) is 35.9 Å². The Hall–Kier alpha value is -2.08. The number of hydrogen-bond acceptors (Lipinski definition) is 6. The van der Waals surface area contributed by atoms with Gasteiger partial charge in [0.05, 0.1) is 6.04 Å². The Labute approximate surface area is 137 Å². The molecule has 1 N–H and O–H groups in total. The smallest absolute Gasteiger partial charge is 0.228 e. The minimum Gasteiger partial charge on any atom is -0.307 e. The topological polar surface area (TPSA) is 66.8 Å². The first-order valence-electron chi connectivity index (χ1n) is 8.20.